The van der Waals surface area contributed by atoms with Crippen LogP contribution in [0, 0.1) is 17.8 Å². The molecule has 7 N–H and O–H groups in total. The molecule has 0 aliphatic heterocycles. The number of Topliss-reactive ketones (excluding diaryl/α,β-unsaturated/α-hetero) is 1. The second-order valence-corrected chi connectivity index (χ2v) is 22.3. The lowest BCUT2D eigenvalue weighted by Gasteiger charge is -2.21. The summed E-state index contributed by atoms with van der Waals surface area (Å²) in [7, 11) is -9.83. The van der Waals surface area contributed by atoms with E-state index in [0.717, 1.165) is 50.9 Å². The molecule has 0 amide bonds. The van der Waals surface area contributed by atoms with E-state index in [-0.39, 0.29) is 44.3 Å². The molecule has 0 aromatic rings. The van der Waals surface area contributed by atoms with E-state index in [1.54, 1.807) is 12.2 Å². The van der Waals surface area contributed by atoms with Gasteiger partial charge in [0.05, 0.1) is 38.1 Å². The Morgan fingerprint density at radius 2 is 1.07 bits per heavy atom. The summed E-state index contributed by atoms with van der Waals surface area (Å²) in [5.41, 5.74) is 0. The van der Waals surface area contributed by atoms with Gasteiger partial charge in [0, 0.05) is 43.9 Å². The quantitative estimate of drug-likeness (QED) is 0.0129. The molecule has 0 aromatic heterocycles. The minimum Gasteiger partial charge on any atom is -0.462 e. The fraction of sp³-hybridized carbons (Fsp3) is 0.900. The van der Waals surface area contributed by atoms with E-state index in [1.807, 2.05) is 0 Å². The summed E-state index contributed by atoms with van der Waals surface area (Å²) in [6.45, 7) is 3.61. The van der Waals surface area contributed by atoms with Crippen LogP contribution in [0.25, 0.3) is 0 Å². The van der Waals surface area contributed by atoms with E-state index in [9.17, 15) is 48.8 Å². The average molecular weight is 1030 g/mol. The summed E-state index contributed by atoms with van der Waals surface area (Å²) >= 11 is 0. The van der Waals surface area contributed by atoms with Crippen LogP contribution in [0.5, 0.6) is 0 Å². The SMILES string of the molecule is CCCCC[C@H](O)/C=C/[C@@H]1[C@@H](CC(=O)CCCCC(=O)O[C@H](COC(=O)CCCCCCCCCCCCCCCCCCCCC(C)C)COP(=O)(O)OC[C@@H](O)COP(=O)(O)O)[C@@H](O)C[C@H]1O. The van der Waals surface area contributed by atoms with Crippen molar-refractivity contribution in [2.45, 2.75) is 244 Å². The Balaban J connectivity index is 2.46. The number of hydrogen-bond donors (Lipinski definition) is 7. The van der Waals surface area contributed by atoms with Crippen molar-refractivity contribution in [2.75, 3.05) is 26.4 Å². The van der Waals surface area contributed by atoms with Crippen molar-refractivity contribution in [3.8, 4) is 0 Å². The predicted molar refractivity (Wildman–Crippen MR) is 265 cm³/mol. The molecule has 19 heteroatoms. The molecule has 17 nitrogen and oxygen atoms in total. The van der Waals surface area contributed by atoms with Crippen LogP contribution in [-0.2, 0) is 46.6 Å². The summed E-state index contributed by atoms with van der Waals surface area (Å²) < 4.78 is 47.9. The highest BCUT2D eigenvalue weighted by atomic mass is 31.2. The zero-order chi connectivity index (χ0) is 51.3. The van der Waals surface area contributed by atoms with Gasteiger partial charge in [0.1, 0.15) is 18.5 Å². The molecule has 69 heavy (non-hydrogen) atoms. The first-order valence-electron chi connectivity index (χ1n) is 26.4. The number of ketones is 1. The number of phosphoric ester groups is 2. The maximum absolute atomic E-state index is 12.9. The largest absolute Gasteiger partial charge is 0.472 e. The molecule has 1 aliphatic carbocycles. The van der Waals surface area contributed by atoms with Crippen LogP contribution in [0.2, 0.25) is 0 Å². The summed E-state index contributed by atoms with van der Waals surface area (Å²) in [6, 6.07) is 0. The fourth-order valence-electron chi connectivity index (χ4n) is 8.47. The van der Waals surface area contributed by atoms with Gasteiger partial charge in [-0.3, -0.25) is 28.0 Å². The molecule has 0 radical (unpaired) electrons. The molecule has 0 spiro atoms. The Morgan fingerprint density at radius 1 is 0.594 bits per heavy atom. The van der Waals surface area contributed by atoms with Crippen LogP contribution >= 0.6 is 15.6 Å². The molecular weight excluding hydrogens is 934 g/mol. The lowest BCUT2D eigenvalue weighted by atomic mass is 9.87. The van der Waals surface area contributed by atoms with Crippen molar-refractivity contribution >= 4 is 33.4 Å². The van der Waals surface area contributed by atoms with Gasteiger partial charge >= 0.3 is 27.6 Å². The van der Waals surface area contributed by atoms with Crippen LogP contribution < -0.4 is 0 Å². The Hall–Kier alpha value is -1.59. The second kappa shape index (κ2) is 39.9. The normalized spacial score (nSPS) is 19.8. The molecule has 1 rings (SSSR count). The third-order valence-electron chi connectivity index (χ3n) is 12.6. The standard InChI is InChI=1S/C50H94O17P2/c1-4-5-22-28-41(51)32-33-45-46(48(55)35-47(45)54)34-42(52)29-25-26-31-50(57)67-44(39-66-69(61,62)65-37-43(53)36-64-68(58,59)60)38-63-49(56)30-24-21-19-17-15-13-11-9-7-6-8-10-12-14-16-18-20-23-27-40(2)3/h32-33,40-41,43-48,51,53-55H,4-31,34-39H2,1-3H3,(H,61,62)(H2,58,59,60)/b33-32+/t41-,43-,44+,45+,46+,47+,48-/m0/s1. The van der Waals surface area contributed by atoms with Crippen molar-refractivity contribution in [3.05, 3.63) is 12.2 Å². The summed E-state index contributed by atoms with van der Waals surface area (Å²) in [5, 5.41) is 41.2. The summed E-state index contributed by atoms with van der Waals surface area (Å²) in [6.07, 6.45) is 25.4. The summed E-state index contributed by atoms with van der Waals surface area (Å²) in [5.74, 6) is -1.65. The predicted octanol–water partition coefficient (Wildman–Crippen LogP) is 9.88. The smallest absolute Gasteiger partial charge is 0.462 e. The van der Waals surface area contributed by atoms with Gasteiger partial charge in [-0.15, -0.1) is 0 Å². The van der Waals surface area contributed by atoms with Crippen molar-refractivity contribution in [1.29, 1.82) is 0 Å². The molecule has 1 aliphatic rings. The van der Waals surface area contributed by atoms with E-state index in [0.29, 0.717) is 19.3 Å². The molecule has 0 aromatic carbocycles. The minimum absolute atomic E-state index is 0.0185. The first-order valence-corrected chi connectivity index (χ1v) is 29.4. The van der Waals surface area contributed by atoms with Gasteiger partial charge in [0.2, 0.25) is 0 Å². The highest BCUT2D eigenvalue weighted by molar-refractivity contribution is 7.47. The van der Waals surface area contributed by atoms with Gasteiger partial charge in [0.15, 0.2) is 6.10 Å². The highest BCUT2D eigenvalue weighted by Gasteiger charge is 2.41. The van der Waals surface area contributed by atoms with E-state index < -0.39 is 96.4 Å². The number of aliphatic hydroxyl groups excluding tert-OH is 4. The zero-order valence-electron chi connectivity index (χ0n) is 42.4. The average Bonchev–Trinajstić information content (AvgIpc) is 3.55. The molecule has 1 unspecified atom stereocenters. The number of hydrogen-bond acceptors (Lipinski definition) is 14. The Bertz CT molecular complexity index is 1460. The molecule has 0 saturated heterocycles. The maximum atomic E-state index is 12.9. The van der Waals surface area contributed by atoms with Gasteiger partial charge in [-0.1, -0.05) is 168 Å². The van der Waals surface area contributed by atoms with Crippen LogP contribution in [0.15, 0.2) is 12.2 Å². The van der Waals surface area contributed by atoms with Crippen LogP contribution in [-0.4, -0.2) is 110 Å². The number of phosphoric acid groups is 2. The van der Waals surface area contributed by atoms with Crippen LogP contribution in [0.1, 0.15) is 213 Å². The molecular formula is C50H94O17P2. The molecule has 0 heterocycles. The lowest BCUT2D eigenvalue weighted by molar-refractivity contribution is -0.161. The van der Waals surface area contributed by atoms with Gasteiger partial charge in [-0.2, -0.15) is 0 Å². The van der Waals surface area contributed by atoms with Crippen molar-refractivity contribution in [3.63, 3.8) is 0 Å². The Morgan fingerprint density at radius 3 is 1.62 bits per heavy atom. The zero-order valence-corrected chi connectivity index (χ0v) is 44.2. The summed E-state index contributed by atoms with van der Waals surface area (Å²) in [4.78, 5) is 66.1. The lowest BCUT2D eigenvalue weighted by Crippen LogP contribution is -2.30. The van der Waals surface area contributed by atoms with Crippen LogP contribution in [0.3, 0.4) is 0 Å². The van der Waals surface area contributed by atoms with Gasteiger partial charge < -0.3 is 44.6 Å². The van der Waals surface area contributed by atoms with Gasteiger partial charge in [-0.05, 0) is 31.6 Å². The second-order valence-electron chi connectivity index (χ2n) is 19.6. The number of rotatable bonds is 46. The monoisotopic (exact) mass is 1030 g/mol. The third kappa shape index (κ3) is 37.8. The number of carbonyl (C=O) groups excluding carboxylic acids is 3. The van der Waals surface area contributed by atoms with Crippen molar-refractivity contribution in [2.24, 2.45) is 17.8 Å². The van der Waals surface area contributed by atoms with E-state index in [2.05, 4.69) is 29.8 Å². The van der Waals surface area contributed by atoms with Crippen molar-refractivity contribution < 1.29 is 81.7 Å². The van der Waals surface area contributed by atoms with E-state index >= 15 is 0 Å². The van der Waals surface area contributed by atoms with E-state index in [1.165, 1.54) is 89.9 Å². The number of esters is 2. The number of aliphatic hydroxyl groups is 4. The maximum Gasteiger partial charge on any atom is 0.472 e. The minimum atomic E-state index is -4.92. The van der Waals surface area contributed by atoms with Gasteiger partial charge in [-0.25, -0.2) is 9.13 Å². The molecule has 406 valence electrons. The molecule has 8 atom stereocenters. The molecule has 1 fully saturated rings. The molecule has 0 bridgehead atoms. The number of unbranched alkanes of at least 4 members (excludes halogenated alkanes) is 20. The van der Waals surface area contributed by atoms with E-state index in [4.69, 9.17) is 23.8 Å². The number of carbonyl (C=O) groups is 3. The number of ether oxygens (including phenoxy) is 2. The third-order valence-corrected chi connectivity index (χ3v) is 14.0. The first-order chi connectivity index (χ1) is 32.8. The Kier molecular flexibility index (Phi) is 37.8. The Labute approximate surface area is 414 Å². The molecule has 1 saturated carbocycles. The van der Waals surface area contributed by atoms with Gasteiger partial charge in [0.25, 0.3) is 0 Å². The fourth-order valence-corrected chi connectivity index (χ4v) is 9.63. The first kappa shape index (κ1) is 65.4. The van der Waals surface area contributed by atoms with Crippen molar-refractivity contribution in [1.82, 2.24) is 0 Å². The van der Waals surface area contributed by atoms with Crippen LogP contribution in [0.4, 0.5) is 0 Å². The topological polar surface area (TPSA) is 273 Å². The highest BCUT2D eigenvalue weighted by Crippen LogP contribution is 2.44.